The maximum atomic E-state index is 13.1. The van der Waals surface area contributed by atoms with E-state index in [-0.39, 0.29) is 5.82 Å². The first-order valence-electron chi connectivity index (χ1n) is 9.84. The molecule has 2 aliphatic carbocycles. The van der Waals surface area contributed by atoms with Gasteiger partial charge in [0, 0.05) is 38.4 Å². The smallest absolute Gasteiger partial charge is 0.191 e. The lowest BCUT2D eigenvalue weighted by Gasteiger charge is -2.36. The summed E-state index contributed by atoms with van der Waals surface area (Å²) in [5, 5.41) is 0. The lowest BCUT2D eigenvalue weighted by atomic mass is 10.0. The van der Waals surface area contributed by atoms with Gasteiger partial charge in [0.1, 0.15) is 5.82 Å². The summed E-state index contributed by atoms with van der Waals surface area (Å²) >= 11 is 0. The van der Waals surface area contributed by atoms with Crippen LogP contribution < -0.4 is 10.6 Å². The van der Waals surface area contributed by atoms with Crippen molar-refractivity contribution >= 4 is 11.6 Å². The summed E-state index contributed by atoms with van der Waals surface area (Å²) in [7, 11) is 0. The van der Waals surface area contributed by atoms with Gasteiger partial charge in [-0.15, -0.1) is 0 Å². The molecule has 2 N–H and O–H groups in total. The summed E-state index contributed by atoms with van der Waals surface area (Å²) in [6.07, 6.45) is 1.21. The number of halogens is 1. The van der Waals surface area contributed by atoms with E-state index in [1.807, 2.05) is 12.1 Å². The van der Waals surface area contributed by atoms with Gasteiger partial charge in [0.15, 0.2) is 5.96 Å². The Morgan fingerprint density at radius 2 is 1.78 bits per heavy atom. The number of benzene rings is 2. The van der Waals surface area contributed by atoms with Crippen LogP contribution in [0.4, 0.5) is 10.1 Å². The Hall–Kier alpha value is -2.56. The minimum atomic E-state index is -0.193. The van der Waals surface area contributed by atoms with Gasteiger partial charge in [-0.2, -0.15) is 0 Å². The minimum Gasteiger partial charge on any atom is -0.370 e. The predicted octanol–water partition coefficient (Wildman–Crippen LogP) is 2.85. The first-order chi connectivity index (χ1) is 13.2. The minimum absolute atomic E-state index is 0.193. The number of rotatable bonds is 3. The molecule has 5 heteroatoms. The lowest BCUT2D eigenvalue weighted by Crippen LogP contribution is -2.51. The summed E-state index contributed by atoms with van der Waals surface area (Å²) in [5.74, 6) is 2.62. The van der Waals surface area contributed by atoms with Crippen molar-refractivity contribution < 1.29 is 4.39 Å². The maximum absolute atomic E-state index is 13.1. The summed E-state index contributed by atoms with van der Waals surface area (Å²) in [6, 6.07) is 15.5. The van der Waals surface area contributed by atoms with E-state index < -0.39 is 0 Å². The highest BCUT2D eigenvalue weighted by atomic mass is 19.1. The molecule has 3 atom stereocenters. The Morgan fingerprint density at radius 3 is 2.56 bits per heavy atom. The Labute approximate surface area is 159 Å². The van der Waals surface area contributed by atoms with E-state index in [1.165, 1.54) is 29.7 Å². The van der Waals surface area contributed by atoms with Crippen LogP contribution in [0.2, 0.25) is 0 Å². The standard InChI is InChI=1S/C22H25FN4/c23-16-5-7-17(8-6-16)26-9-11-27(12-10-26)22(24)25-14-20-19-13-15-3-1-2-4-18(15)21(19)20/h1-8,19-21H,9-14H2,(H2,24,25). The van der Waals surface area contributed by atoms with Crippen LogP contribution in [0.3, 0.4) is 0 Å². The average molecular weight is 364 g/mol. The molecule has 3 unspecified atom stereocenters. The molecule has 3 aliphatic rings. The third-order valence-electron chi connectivity index (χ3n) is 6.46. The molecule has 1 heterocycles. The van der Waals surface area contributed by atoms with Crippen molar-refractivity contribution in [1.82, 2.24) is 4.90 Å². The fourth-order valence-corrected chi connectivity index (χ4v) is 4.88. The molecule has 0 bridgehead atoms. The molecule has 2 aromatic rings. The third-order valence-corrected chi connectivity index (χ3v) is 6.46. The van der Waals surface area contributed by atoms with E-state index >= 15 is 0 Å². The van der Waals surface area contributed by atoms with Crippen molar-refractivity contribution in [3.63, 3.8) is 0 Å². The largest absolute Gasteiger partial charge is 0.370 e. The number of hydrogen-bond donors (Lipinski definition) is 1. The number of guanidine groups is 1. The third kappa shape index (κ3) is 3.05. The second-order valence-electron chi connectivity index (χ2n) is 7.91. The van der Waals surface area contributed by atoms with Gasteiger partial charge >= 0.3 is 0 Å². The number of aliphatic imine (C=N–C) groups is 1. The second kappa shape index (κ2) is 6.55. The van der Waals surface area contributed by atoms with Gasteiger partial charge in [0.25, 0.3) is 0 Å². The molecule has 1 saturated carbocycles. The van der Waals surface area contributed by atoms with Crippen molar-refractivity contribution in [1.29, 1.82) is 0 Å². The van der Waals surface area contributed by atoms with Crippen molar-refractivity contribution in [2.24, 2.45) is 22.6 Å². The van der Waals surface area contributed by atoms with Gasteiger partial charge < -0.3 is 15.5 Å². The second-order valence-corrected chi connectivity index (χ2v) is 7.91. The van der Waals surface area contributed by atoms with Crippen LogP contribution in [0.15, 0.2) is 53.5 Å². The molecule has 2 aromatic carbocycles. The average Bonchev–Trinajstić information content (AvgIpc) is 3.24. The van der Waals surface area contributed by atoms with Crippen molar-refractivity contribution in [3.05, 3.63) is 65.5 Å². The van der Waals surface area contributed by atoms with E-state index in [9.17, 15) is 4.39 Å². The van der Waals surface area contributed by atoms with Crippen LogP contribution in [-0.2, 0) is 6.42 Å². The molecule has 5 rings (SSSR count). The molecule has 4 nitrogen and oxygen atoms in total. The highest BCUT2D eigenvalue weighted by molar-refractivity contribution is 5.78. The first-order valence-corrected chi connectivity index (χ1v) is 9.84. The number of nitrogens with two attached hydrogens (primary N) is 1. The van der Waals surface area contributed by atoms with Gasteiger partial charge in [-0.3, -0.25) is 4.99 Å². The Balaban J connectivity index is 1.15. The maximum Gasteiger partial charge on any atom is 0.191 e. The molecule has 140 valence electrons. The normalized spacial score (nSPS) is 26.7. The van der Waals surface area contributed by atoms with Crippen molar-refractivity contribution in [2.45, 2.75) is 12.3 Å². The zero-order valence-corrected chi connectivity index (χ0v) is 15.4. The summed E-state index contributed by atoms with van der Waals surface area (Å²) in [5.41, 5.74) is 10.4. The van der Waals surface area contributed by atoms with Crippen LogP contribution in [0.1, 0.15) is 17.0 Å². The first kappa shape index (κ1) is 16.6. The molecular formula is C22H25FN4. The van der Waals surface area contributed by atoms with Gasteiger partial charge in [-0.25, -0.2) is 4.39 Å². The molecule has 1 aliphatic heterocycles. The molecule has 0 radical (unpaired) electrons. The van der Waals surface area contributed by atoms with Crippen LogP contribution >= 0.6 is 0 Å². The van der Waals surface area contributed by atoms with E-state index in [2.05, 4.69) is 34.1 Å². The lowest BCUT2D eigenvalue weighted by molar-refractivity contribution is 0.380. The zero-order chi connectivity index (χ0) is 18.4. The summed E-state index contributed by atoms with van der Waals surface area (Å²) < 4.78 is 13.1. The Bertz CT molecular complexity index is 855. The van der Waals surface area contributed by atoms with Crippen molar-refractivity contribution in [2.75, 3.05) is 37.6 Å². The number of anilines is 1. The molecule has 1 saturated heterocycles. The van der Waals surface area contributed by atoms with Crippen LogP contribution in [0, 0.1) is 17.7 Å². The topological polar surface area (TPSA) is 44.9 Å². The summed E-state index contributed by atoms with van der Waals surface area (Å²) in [6.45, 7) is 4.31. The SMILES string of the molecule is NC(=NCC1C2Cc3ccccc3C12)N1CCN(c2ccc(F)cc2)CC1. The van der Waals surface area contributed by atoms with Crippen molar-refractivity contribution in [3.8, 4) is 0 Å². The van der Waals surface area contributed by atoms with E-state index in [0.29, 0.717) is 17.8 Å². The highest BCUT2D eigenvalue weighted by Crippen LogP contribution is 2.61. The van der Waals surface area contributed by atoms with Crippen LogP contribution in [0.25, 0.3) is 0 Å². The number of hydrogen-bond acceptors (Lipinski definition) is 2. The summed E-state index contributed by atoms with van der Waals surface area (Å²) in [4.78, 5) is 9.17. The van der Waals surface area contributed by atoms with Gasteiger partial charge in [0.05, 0.1) is 0 Å². The monoisotopic (exact) mass is 364 g/mol. The van der Waals surface area contributed by atoms with E-state index in [0.717, 1.165) is 44.3 Å². The molecule has 27 heavy (non-hydrogen) atoms. The van der Waals surface area contributed by atoms with E-state index in [1.54, 1.807) is 0 Å². The fraction of sp³-hybridized carbons (Fsp3) is 0.409. The number of fused-ring (bicyclic) bond motifs is 3. The van der Waals surface area contributed by atoms with Crippen LogP contribution in [0.5, 0.6) is 0 Å². The van der Waals surface area contributed by atoms with Crippen LogP contribution in [-0.4, -0.2) is 43.6 Å². The van der Waals surface area contributed by atoms with Gasteiger partial charge in [-0.05, 0) is 59.6 Å². The number of piperazine rings is 1. The quantitative estimate of drug-likeness (QED) is 0.673. The highest BCUT2D eigenvalue weighted by Gasteiger charge is 2.54. The Morgan fingerprint density at radius 1 is 1.04 bits per heavy atom. The van der Waals surface area contributed by atoms with Gasteiger partial charge in [0.2, 0.25) is 0 Å². The van der Waals surface area contributed by atoms with Gasteiger partial charge in [-0.1, -0.05) is 24.3 Å². The number of nitrogens with zero attached hydrogens (tertiary/aromatic N) is 3. The molecule has 0 spiro atoms. The Kier molecular flexibility index (Phi) is 4.03. The molecule has 2 fully saturated rings. The molecule has 0 aromatic heterocycles. The van der Waals surface area contributed by atoms with E-state index in [4.69, 9.17) is 10.7 Å². The predicted molar refractivity (Wildman–Crippen MR) is 107 cm³/mol. The molecular weight excluding hydrogens is 339 g/mol. The fourth-order valence-electron chi connectivity index (χ4n) is 4.88. The molecule has 0 amide bonds. The zero-order valence-electron chi connectivity index (χ0n) is 15.4.